The number of hydrogen-bond acceptors (Lipinski definition) is 5. The number of anilines is 1. The van der Waals surface area contributed by atoms with Gasteiger partial charge in [-0.2, -0.15) is 0 Å². The topological polar surface area (TPSA) is 80.3 Å². The maximum absolute atomic E-state index is 10.6. The van der Waals surface area contributed by atoms with Crippen LogP contribution in [0.15, 0.2) is 63.5 Å². The first kappa shape index (κ1) is 19.1. The van der Waals surface area contributed by atoms with Crippen LogP contribution in [-0.2, 0) is 6.54 Å². The summed E-state index contributed by atoms with van der Waals surface area (Å²) in [6.07, 6.45) is 0. The van der Waals surface area contributed by atoms with Crippen molar-refractivity contribution in [3.8, 4) is 11.3 Å². The Balaban J connectivity index is 1.44. The van der Waals surface area contributed by atoms with Crippen LogP contribution in [0.5, 0.6) is 0 Å². The van der Waals surface area contributed by atoms with E-state index in [1.54, 1.807) is 12.1 Å². The van der Waals surface area contributed by atoms with Gasteiger partial charge in [-0.05, 0) is 48.9 Å². The summed E-state index contributed by atoms with van der Waals surface area (Å²) in [5.41, 5.74) is 3.17. The molecule has 0 aliphatic heterocycles. The number of benzene rings is 2. The third kappa shape index (κ3) is 5.18. The van der Waals surface area contributed by atoms with Crippen LogP contribution >= 0.6 is 15.9 Å². The Bertz CT molecular complexity index is 922. The zero-order chi connectivity index (χ0) is 19.2. The fourth-order valence-corrected chi connectivity index (χ4v) is 2.88. The third-order valence-electron chi connectivity index (χ3n) is 4.11. The molecular formula is C20H20BrN3O3. The summed E-state index contributed by atoms with van der Waals surface area (Å²) in [6, 6.07) is 16.5. The summed E-state index contributed by atoms with van der Waals surface area (Å²) in [7, 11) is 0. The molecule has 0 aliphatic carbocycles. The maximum atomic E-state index is 10.6. The molecule has 0 unspecified atom stereocenters. The van der Waals surface area contributed by atoms with E-state index in [1.165, 1.54) is 17.7 Å². The fraction of sp³-hybridized carbons (Fsp3) is 0.200. The zero-order valence-electron chi connectivity index (χ0n) is 14.9. The summed E-state index contributed by atoms with van der Waals surface area (Å²) in [6.45, 7) is 4.13. The second kappa shape index (κ2) is 8.83. The van der Waals surface area contributed by atoms with Crippen LogP contribution in [0, 0.1) is 17.0 Å². The van der Waals surface area contributed by atoms with Gasteiger partial charge < -0.3 is 15.1 Å². The Kier molecular flexibility index (Phi) is 6.26. The van der Waals surface area contributed by atoms with Crippen molar-refractivity contribution in [2.75, 3.05) is 18.4 Å². The van der Waals surface area contributed by atoms with E-state index < -0.39 is 4.92 Å². The number of hydrogen-bond donors (Lipinski definition) is 2. The third-order valence-corrected chi connectivity index (χ3v) is 5.00. The van der Waals surface area contributed by atoms with E-state index >= 15 is 0 Å². The van der Waals surface area contributed by atoms with Crippen molar-refractivity contribution >= 4 is 27.3 Å². The average Bonchev–Trinajstić information content (AvgIpc) is 3.13. The molecule has 0 atom stereocenters. The molecule has 0 saturated carbocycles. The Hall–Kier alpha value is -2.64. The first-order valence-corrected chi connectivity index (χ1v) is 9.36. The Morgan fingerprint density at radius 1 is 1.07 bits per heavy atom. The van der Waals surface area contributed by atoms with Crippen LogP contribution < -0.4 is 10.6 Å². The number of nitro groups is 1. The van der Waals surface area contributed by atoms with E-state index in [9.17, 15) is 10.1 Å². The molecule has 27 heavy (non-hydrogen) atoms. The maximum Gasteiger partial charge on any atom is 0.269 e. The molecule has 1 heterocycles. The Morgan fingerprint density at radius 3 is 2.56 bits per heavy atom. The van der Waals surface area contributed by atoms with Crippen molar-refractivity contribution in [2.24, 2.45) is 0 Å². The molecule has 0 fully saturated rings. The minimum atomic E-state index is -0.404. The van der Waals surface area contributed by atoms with Crippen LogP contribution in [0.1, 0.15) is 11.3 Å². The van der Waals surface area contributed by atoms with E-state index in [1.807, 2.05) is 24.3 Å². The smallest absolute Gasteiger partial charge is 0.269 e. The molecular weight excluding hydrogens is 410 g/mol. The number of nitrogens with zero attached hydrogens (tertiary/aromatic N) is 1. The SMILES string of the molecule is Cc1cc(-c2ccc(CNCCNc3ccc([N+](=O)[O-])cc3)o2)ccc1Br. The highest BCUT2D eigenvalue weighted by Gasteiger charge is 2.06. The van der Waals surface area contributed by atoms with Gasteiger partial charge in [-0.1, -0.05) is 22.0 Å². The normalized spacial score (nSPS) is 10.7. The highest BCUT2D eigenvalue weighted by Crippen LogP contribution is 2.26. The van der Waals surface area contributed by atoms with E-state index in [-0.39, 0.29) is 5.69 Å². The monoisotopic (exact) mass is 429 g/mol. The highest BCUT2D eigenvalue weighted by atomic mass is 79.9. The average molecular weight is 430 g/mol. The van der Waals surface area contributed by atoms with Gasteiger partial charge in [-0.3, -0.25) is 10.1 Å². The predicted molar refractivity (Wildman–Crippen MR) is 110 cm³/mol. The minimum Gasteiger partial charge on any atom is -0.460 e. The number of halogens is 1. The summed E-state index contributed by atoms with van der Waals surface area (Å²) in [5, 5.41) is 17.2. The standard InChI is InChI=1S/C20H20BrN3O3/c1-14-12-15(2-8-19(14)21)20-9-7-18(27-20)13-22-10-11-23-16-3-5-17(6-4-16)24(25)26/h2-9,12,22-23H,10-11,13H2,1H3. The van der Waals surface area contributed by atoms with Gasteiger partial charge in [-0.25, -0.2) is 0 Å². The minimum absolute atomic E-state index is 0.0910. The van der Waals surface area contributed by atoms with Gasteiger partial charge in [0.1, 0.15) is 11.5 Å². The van der Waals surface area contributed by atoms with Gasteiger partial charge in [0.15, 0.2) is 0 Å². The Morgan fingerprint density at radius 2 is 1.85 bits per heavy atom. The summed E-state index contributed by atoms with van der Waals surface area (Å²) in [5.74, 6) is 1.73. The van der Waals surface area contributed by atoms with Crippen molar-refractivity contribution < 1.29 is 9.34 Å². The van der Waals surface area contributed by atoms with Crippen LogP contribution in [0.25, 0.3) is 11.3 Å². The van der Waals surface area contributed by atoms with E-state index in [0.29, 0.717) is 13.1 Å². The number of nitrogens with one attached hydrogen (secondary N) is 2. The van der Waals surface area contributed by atoms with E-state index in [0.717, 1.165) is 33.8 Å². The molecule has 2 aromatic carbocycles. The van der Waals surface area contributed by atoms with Gasteiger partial charge in [0, 0.05) is 40.9 Å². The molecule has 0 radical (unpaired) electrons. The van der Waals surface area contributed by atoms with Crippen molar-refractivity contribution in [3.05, 3.63) is 80.5 Å². The lowest BCUT2D eigenvalue weighted by atomic mass is 10.1. The molecule has 0 amide bonds. The summed E-state index contributed by atoms with van der Waals surface area (Å²) < 4.78 is 6.99. The number of rotatable bonds is 8. The molecule has 0 bridgehead atoms. The number of non-ortho nitro benzene ring substituents is 1. The van der Waals surface area contributed by atoms with Crippen LogP contribution in [0.4, 0.5) is 11.4 Å². The molecule has 0 aliphatic rings. The molecule has 6 nitrogen and oxygen atoms in total. The van der Waals surface area contributed by atoms with Crippen LogP contribution in [0.3, 0.4) is 0 Å². The number of nitro benzene ring substituents is 1. The van der Waals surface area contributed by atoms with Crippen molar-refractivity contribution in [1.29, 1.82) is 0 Å². The summed E-state index contributed by atoms with van der Waals surface area (Å²) in [4.78, 5) is 10.2. The lowest BCUT2D eigenvalue weighted by Crippen LogP contribution is -2.21. The molecule has 140 valence electrons. The largest absolute Gasteiger partial charge is 0.460 e. The summed E-state index contributed by atoms with van der Waals surface area (Å²) >= 11 is 3.51. The quantitative estimate of drug-likeness (QED) is 0.294. The Labute approximate surface area is 165 Å². The molecule has 3 aromatic rings. The lowest BCUT2D eigenvalue weighted by Gasteiger charge is -2.07. The fourth-order valence-electron chi connectivity index (χ4n) is 2.63. The first-order chi connectivity index (χ1) is 13.0. The van der Waals surface area contributed by atoms with Crippen LogP contribution in [0.2, 0.25) is 0 Å². The number of aryl methyl sites for hydroxylation is 1. The predicted octanol–water partition coefficient (Wildman–Crippen LogP) is 5.13. The lowest BCUT2D eigenvalue weighted by molar-refractivity contribution is -0.384. The van der Waals surface area contributed by atoms with Crippen molar-refractivity contribution in [2.45, 2.75) is 13.5 Å². The van der Waals surface area contributed by atoms with E-state index in [4.69, 9.17) is 4.42 Å². The molecule has 7 heteroatoms. The molecule has 1 aromatic heterocycles. The van der Waals surface area contributed by atoms with Crippen LogP contribution in [-0.4, -0.2) is 18.0 Å². The van der Waals surface area contributed by atoms with Gasteiger partial charge in [0.2, 0.25) is 0 Å². The molecule has 0 saturated heterocycles. The van der Waals surface area contributed by atoms with Crippen molar-refractivity contribution in [1.82, 2.24) is 5.32 Å². The second-order valence-corrected chi connectivity index (χ2v) is 6.99. The first-order valence-electron chi connectivity index (χ1n) is 8.57. The highest BCUT2D eigenvalue weighted by molar-refractivity contribution is 9.10. The van der Waals surface area contributed by atoms with Gasteiger partial charge in [0.05, 0.1) is 11.5 Å². The molecule has 3 rings (SSSR count). The number of furan rings is 1. The van der Waals surface area contributed by atoms with Crippen molar-refractivity contribution in [3.63, 3.8) is 0 Å². The van der Waals surface area contributed by atoms with Gasteiger partial charge >= 0.3 is 0 Å². The second-order valence-electron chi connectivity index (χ2n) is 6.14. The zero-order valence-corrected chi connectivity index (χ0v) is 16.5. The van der Waals surface area contributed by atoms with E-state index in [2.05, 4.69) is 39.6 Å². The molecule has 0 spiro atoms. The van der Waals surface area contributed by atoms with Gasteiger partial charge in [-0.15, -0.1) is 0 Å². The molecule has 2 N–H and O–H groups in total. The van der Waals surface area contributed by atoms with Gasteiger partial charge in [0.25, 0.3) is 5.69 Å².